The van der Waals surface area contributed by atoms with Crippen molar-refractivity contribution < 1.29 is 4.92 Å². The molecule has 0 radical (unpaired) electrons. The van der Waals surface area contributed by atoms with Gasteiger partial charge in [-0.2, -0.15) is 0 Å². The van der Waals surface area contributed by atoms with Gasteiger partial charge in [0.1, 0.15) is 10.8 Å². The zero-order valence-corrected chi connectivity index (χ0v) is 10.8. The monoisotopic (exact) mass is 265 g/mol. The van der Waals surface area contributed by atoms with Crippen molar-refractivity contribution in [2.24, 2.45) is 0 Å². The summed E-state index contributed by atoms with van der Waals surface area (Å²) in [5.74, 6) is 0.892. The van der Waals surface area contributed by atoms with E-state index in [-0.39, 0.29) is 10.7 Å². The fourth-order valence-electron chi connectivity index (χ4n) is 1.87. The Bertz CT molecular complexity index is 607. The molecule has 0 atom stereocenters. The Morgan fingerprint density at radius 2 is 2.22 bits per heavy atom. The largest absolute Gasteiger partial charge is 0.303 e. The number of hydrogen-bond donors (Lipinski definition) is 0. The fraction of sp³-hybridized carbons (Fsp3) is 0.250. The van der Waals surface area contributed by atoms with Gasteiger partial charge in [0.2, 0.25) is 0 Å². The minimum absolute atomic E-state index is 0.0731. The molecule has 1 heterocycles. The lowest BCUT2D eigenvalue weighted by molar-refractivity contribution is -0.384. The number of aromatic nitrogens is 2. The number of rotatable bonds is 3. The maximum Gasteiger partial charge on any atom is 0.288 e. The molecule has 2 rings (SSSR count). The van der Waals surface area contributed by atoms with Crippen molar-refractivity contribution in [3.8, 4) is 5.69 Å². The van der Waals surface area contributed by atoms with Crippen LogP contribution >= 0.6 is 11.6 Å². The lowest BCUT2D eigenvalue weighted by atomic mass is 10.1. The van der Waals surface area contributed by atoms with Crippen molar-refractivity contribution >= 4 is 17.3 Å². The molecule has 0 bridgehead atoms. The summed E-state index contributed by atoms with van der Waals surface area (Å²) in [6.07, 6.45) is 4.30. The number of benzene rings is 1. The van der Waals surface area contributed by atoms with Gasteiger partial charge in [0, 0.05) is 24.9 Å². The number of nitro benzene ring substituents is 1. The van der Waals surface area contributed by atoms with E-state index >= 15 is 0 Å². The summed E-state index contributed by atoms with van der Waals surface area (Å²) >= 11 is 5.93. The van der Waals surface area contributed by atoms with Gasteiger partial charge >= 0.3 is 0 Å². The highest BCUT2D eigenvalue weighted by Crippen LogP contribution is 2.30. The molecule has 94 valence electrons. The summed E-state index contributed by atoms with van der Waals surface area (Å²) in [5.41, 5.74) is 1.54. The fourth-order valence-corrected chi connectivity index (χ4v) is 2.10. The molecule has 0 saturated heterocycles. The quantitative estimate of drug-likeness (QED) is 0.632. The maximum absolute atomic E-state index is 10.8. The molecule has 0 aliphatic rings. The van der Waals surface area contributed by atoms with Crippen molar-refractivity contribution in [3.63, 3.8) is 0 Å². The number of aryl methyl sites for hydroxylation is 2. The van der Waals surface area contributed by atoms with E-state index in [1.807, 2.05) is 24.6 Å². The first kappa shape index (κ1) is 12.6. The Morgan fingerprint density at radius 3 is 2.83 bits per heavy atom. The number of halogens is 1. The van der Waals surface area contributed by atoms with Gasteiger partial charge in [-0.25, -0.2) is 4.98 Å². The SMILES string of the molecule is CCc1nccn1-c1cc(Cl)c([N+](=O)[O-])cc1C. The molecule has 0 amide bonds. The average Bonchev–Trinajstić information content (AvgIpc) is 2.79. The molecule has 0 unspecified atom stereocenters. The summed E-state index contributed by atoms with van der Waals surface area (Å²) in [7, 11) is 0. The predicted octanol–water partition coefficient (Wildman–Crippen LogP) is 3.30. The van der Waals surface area contributed by atoms with Gasteiger partial charge < -0.3 is 4.57 Å². The van der Waals surface area contributed by atoms with E-state index < -0.39 is 4.92 Å². The zero-order chi connectivity index (χ0) is 13.3. The summed E-state index contributed by atoms with van der Waals surface area (Å²) in [5, 5.41) is 10.9. The van der Waals surface area contributed by atoms with Crippen LogP contribution in [0.1, 0.15) is 18.3 Å². The van der Waals surface area contributed by atoms with Crippen LogP contribution in [-0.4, -0.2) is 14.5 Å². The predicted molar refractivity (Wildman–Crippen MR) is 69.3 cm³/mol. The van der Waals surface area contributed by atoms with E-state index in [1.165, 1.54) is 6.07 Å². The highest BCUT2D eigenvalue weighted by atomic mass is 35.5. The van der Waals surface area contributed by atoms with Gasteiger partial charge in [0.15, 0.2) is 0 Å². The molecule has 0 aliphatic carbocycles. The van der Waals surface area contributed by atoms with Gasteiger partial charge in [-0.05, 0) is 18.6 Å². The second-order valence-corrected chi connectivity index (χ2v) is 4.32. The van der Waals surface area contributed by atoms with Gasteiger partial charge in [0.25, 0.3) is 5.69 Å². The van der Waals surface area contributed by atoms with Crippen LogP contribution in [-0.2, 0) is 6.42 Å². The van der Waals surface area contributed by atoms with Crippen LogP contribution in [0.4, 0.5) is 5.69 Å². The maximum atomic E-state index is 10.8. The van der Waals surface area contributed by atoms with E-state index in [4.69, 9.17) is 11.6 Å². The number of imidazole rings is 1. The second-order valence-electron chi connectivity index (χ2n) is 3.91. The third-order valence-corrected chi connectivity index (χ3v) is 3.06. The molecule has 1 aromatic carbocycles. The van der Waals surface area contributed by atoms with E-state index in [0.29, 0.717) is 0 Å². The van der Waals surface area contributed by atoms with Gasteiger partial charge in [-0.1, -0.05) is 18.5 Å². The van der Waals surface area contributed by atoms with Crippen molar-refractivity contribution in [1.82, 2.24) is 9.55 Å². The van der Waals surface area contributed by atoms with Crippen molar-refractivity contribution in [1.29, 1.82) is 0 Å². The molecular weight excluding hydrogens is 254 g/mol. The van der Waals surface area contributed by atoms with E-state index in [0.717, 1.165) is 23.5 Å². The first-order chi connectivity index (χ1) is 8.54. The van der Waals surface area contributed by atoms with Crippen LogP contribution in [0.3, 0.4) is 0 Å². The van der Waals surface area contributed by atoms with Crippen LogP contribution in [0.25, 0.3) is 5.69 Å². The minimum Gasteiger partial charge on any atom is -0.303 e. The molecule has 0 spiro atoms. The molecule has 0 saturated carbocycles. The van der Waals surface area contributed by atoms with Gasteiger partial charge in [-0.15, -0.1) is 0 Å². The Labute approximate surface area is 109 Å². The Hall–Kier alpha value is -1.88. The number of nitrogens with zero attached hydrogens (tertiary/aromatic N) is 3. The molecule has 18 heavy (non-hydrogen) atoms. The highest BCUT2D eigenvalue weighted by Gasteiger charge is 2.16. The molecule has 0 N–H and O–H groups in total. The van der Waals surface area contributed by atoms with Crippen LogP contribution in [0.15, 0.2) is 24.5 Å². The van der Waals surface area contributed by atoms with Crippen molar-refractivity contribution in [2.75, 3.05) is 0 Å². The summed E-state index contributed by atoms with van der Waals surface area (Å²) in [6.45, 7) is 3.82. The van der Waals surface area contributed by atoms with Crippen LogP contribution in [0.2, 0.25) is 5.02 Å². The van der Waals surface area contributed by atoms with Gasteiger partial charge in [0.05, 0.1) is 10.6 Å². The van der Waals surface area contributed by atoms with E-state index in [2.05, 4.69) is 4.98 Å². The Morgan fingerprint density at radius 1 is 1.50 bits per heavy atom. The summed E-state index contributed by atoms with van der Waals surface area (Å²) in [4.78, 5) is 14.5. The average molecular weight is 266 g/mol. The molecular formula is C12H12ClN3O2. The van der Waals surface area contributed by atoms with Crippen LogP contribution < -0.4 is 0 Å². The third kappa shape index (κ3) is 2.09. The molecule has 0 fully saturated rings. The first-order valence-corrected chi connectivity index (χ1v) is 5.89. The molecule has 5 nitrogen and oxygen atoms in total. The van der Waals surface area contributed by atoms with E-state index in [9.17, 15) is 10.1 Å². The Kier molecular flexibility index (Phi) is 3.34. The van der Waals surface area contributed by atoms with E-state index in [1.54, 1.807) is 12.3 Å². The number of hydrogen-bond acceptors (Lipinski definition) is 3. The van der Waals surface area contributed by atoms with Crippen molar-refractivity contribution in [2.45, 2.75) is 20.3 Å². The lowest BCUT2D eigenvalue weighted by Crippen LogP contribution is -2.02. The summed E-state index contributed by atoms with van der Waals surface area (Å²) in [6, 6.07) is 3.09. The first-order valence-electron chi connectivity index (χ1n) is 5.51. The smallest absolute Gasteiger partial charge is 0.288 e. The second kappa shape index (κ2) is 4.78. The van der Waals surface area contributed by atoms with Crippen LogP contribution in [0, 0.1) is 17.0 Å². The van der Waals surface area contributed by atoms with Crippen molar-refractivity contribution in [3.05, 3.63) is 51.1 Å². The molecule has 2 aromatic rings. The molecule has 1 aromatic heterocycles. The minimum atomic E-state index is -0.478. The Balaban J connectivity index is 2.60. The highest BCUT2D eigenvalue weighted by molar-refractivity contribution is 6.32. The normalized spacial score (nSPS) is 10.6. The van der Waals surface area contributed by atoms with Crippen LogP contribution in [0.5, 0.6) is 0 Å². The molecule has 6 heteroatoms. The lowest BCUT2D eigenvalue weighted by Gasteiger charge is -2.10. The standard InChI is InChI=1S/C12H12ClN3O2/c1-3-12-14-4-5-15(12)10-7-9(13)11(16(17)18)6-8(10)2/h4-7H,3H2,1-2H3. The topological polar surface area (TPSA) is 61.0 Å². The third-order valence-electron chi connectivity index (χ3n) is 2.76. The zero-order valence-electron chi connectivity index (χ0n) is 10.1. The number of nitro groups is 1. The molecule has 0 aliphatic heterocycles. The van der Waals surface area contributed by atoms with Gasteiger partial charge in [-0.3, -0.25) is 10.1 Å². The summed E-state index contributed by atoms with van der Waals surface area (Å²) < 4.78 is 1.89.